The van der Waals surface area contributed by atoms with Crippen molar-refractivity contribution in [2.24, 2.45) is 0 Å². The molecule has 1 saturated carbocycles. The lowest BCUT2D eigenvalue weighted by Gasteiger charge is -2.23. The first-order valence-corrected chi connectivity index (χ1v) is 13.1. The van der Waals surface area contributed by atoms with Gasteiger partial charge in [0.1, 0.15) is 11.3 Å². The van der Waals surface area contributed by atoms with Crippen LogP contribution in [0.4, 0.5) is 11.4 Å². The third kappa shape index (κ3) is 4.69. The average molecular weight is 544 g/mol. The number of hydrogen-bond acceptors (Lipinski definition) is 4. The molecule has 1 aromatic heterocycles. The Balaban J connectivity index is 1.68. The average Bonchev–Trinajstić information content (AvgIpc) is 3.64. The first-order chi connectivity index (χ1) is 17.3. The number of halogens is 2. The van der Waals surface area contributed by atoms with E-state index in [9.17, 15) is 13.6 Å². The summed E-state index contributed by atoms with van der Waals surface area (Å²) in [7, 11) is 1.57. The maximum atomic E-state index is 13.0. The van der Waals surface area contributed by atoms with Gasteiger partial charge < -0.3 is 15.5 Å². The van der Waals surface area contributed by atoms with Gasteiger partial charge in [0.2, 0.25) is 0 Å². The molecule has 3 aromatic carbocycles. The number of carbonyl (C=O) groups excluding carboxylic acids is 1. The quantitative estimate of drug-likeness (QED) is 0.185. The van der Waals surface area contributed by atoms with E-state index >= 15 is 0 Å². The van der Waals surface area contributed by atoms with E-state index in [0.717, 1.165) is 24.0 Å². The second-order valence-electron chi connectivity index (χ2n) is 8.70. The zero-order valence-electron chi connectivity index (χ0n) is 19.3. The molecule has 1 heterocycles. The van der Waals surface area contributed by atoms with Gasteiger partial charge in [-0.15, -0.1) is 0 Å². The predicted octanol–water partition coefficient (Wildman–Crippen LogP) is 6.37. The van der Waals surface area contributed by atoms with E-state index < -0.39 is 11.3 Å². The summed E-state index contributed by atoms with van der Waals surface area (Å²) in [6.45, 7) is 0.126. The van der Waals surface area contributed by atoms with Gasteiger partial charge in [-0.1, -0.05) is 29.3 Å². The number of nitrogen functional groups attached to an aromatic ring is 1. The summed E-state index contributed by atoms with van der Waals surface area (Å²) >= 11 is 9.91. The summed E-state index contributed by atoms with van der Waals surface area (Å²) < 4.78 is 30.4. The molecule has 4 N–H and O–H groups in total. The second kappa shape index (κ2) is 9.78. The van der Waals surface area contributed by atoms with Crippen molar-refractivity contribution < 1.29 is 18.0 Å². The second-order valence-corrected chi connectivity index (χ2v) is 10.4. The zero-order valence-corrected chi connectivity index (χ0v) is 21.6. The van der Waals surface area contributed by atoms with Crippen LogP contribution in [0.2, 0.25) is 10.0 Å². The normalized spacial score (nSPS) is 14.1. The number of benzene rings is 3. The fourth-order valence-electron chi connectivity index (χ4n) is 4.30. The van der Waals surface area contributed by atoms with Crippen LogP contribution < -0.4 is 15.4 Å². The number of nitrogens with zero attached hydrogens (tertiary/aromatic N) is 1. The van der Waals surface area contributed by atoms with Gasteiger partial charge >= 0.3 is 0 Å². The molecular weight excluding hydrogens is 521 g/mol. The predicted molar refractivity (Wildman–Crippen MR) is 145 cm³/mol. The van der Waals surface area contributed by atoms with Crippen LogP contribution in [0.5, 0.6) is 0 Å². The summed E-state index contributed by atoms with van der Waals surface area (Å²) in [5.41, 5.74) is 9.98. The van der Waals surface area contributed by atoms with Crippen LogP contribution in [0.3, 0.4) is 0 Å². The minimum atomic E-state index is -2.33. The summed E-state index contributed by atoms with van der Waals surface area (Å²) in [5, 5.41) is 4.29. The number of carbonyl (C=O) groups is 1. The lowest BCUT2D eigenvalue weighted by molar-refractivity contribution is 0.0964. The molecule has 10 heteroatoms. The fraction of sp³-hybridized carbons (Fsp3) is 0.192. The van der Waals surface area contributed by atoms with Crippen molar-refractivity contribution in [3.8, 4) is 11.3 Å². The Bertz CT molecular complexity index is 1500. The van der Waals surface area contributed by atoms with E-state index in [0.29, 0.717) is 49.3 Å². The minimum absolute atomic E-state index is 0.126. The van der Waals surface area contributed by atoms with Crippen LogP contribution in [0.15, 0.2) is 59.0 Å². The molecule has 1 amide bonds. The first kappa shape index (κ1) is 24.6. The van der Waals surface area contributed by atoms with Gasteiger partial charge in [-0.3, -0.25) is 13.7 Å². The Morgan fingerprint density at radius 2 is 1.89 bits per heavy atom. The van der Waals surface area contributed by atoms with E-state index in [-0.39, 0.29) is 18.4 Å². The van der Waals surface area contributed by atoms with Crippen molar-refractivity contribution in [3.63, 3.8) is 0 Å². The SMILES string of the molecule is CNC(=O)c1c(-c2ccc(Cl)cc2)oc2cc(N(Cc3ccc(N)c(Cl)c3)S(=O)O)c(C3CC3)cc12. The topological polar surface area (TPSA) is 109 Å². The zero-order chi connectivity index (χ0) is 25.6. The van der Waals surface area contributed by atoms with Crippen LogP contribution in [0.1, 0.15) is 40.2 Å². The molecule has 5 rings (SSSR count). The number of amides is 1. The van der Waals surface area contributed by atoms with Crippen LogP contribution in [-0.4, -0.2) is 21.7 Å². The number of fused-ring (bicyclic) bond motifs is 1. The van der Waals surface area contributed by atoms with E-state index in [1.165, 1.54) is 4.31 Å². The first-order valence-electron chi connectivity index (χ1n) is 11.3. The number of hydrogen-bond donors (Lipinski definition) is 3. The molecule has 1 fully saturated rings. The Labute approximate surface area is 220 Å². The van der Waals surface area contributed by atoms with Crippen molar-refractivity contribution in [1.29, 1.82) is 0 Å². The van der Waals surface area contributed by atoms with Crippen molar-refractivity contribution in [2.45, 2.75) is 25.3 Å². The van der Waals surface area contributed by atoms with Crippen LogP contribution in [0.25, 0.3) is 22.3 Å². The molecule has 0 spiro atoms. The van der Waals surface area contributed by atoms with E-state index in [4.69, 9.17) is 33.4 Å². The molecule has 4 aromatic rings. The van der Waals surface area contributed by atoms with Crippen molar-refractivity contribution in [2.75, 3.05) is 17.1 Å². The molecule has 0 saturated heterocycles. The Kier molecular flexibility index (Phi) is 6.70. The largest absolute Gasteiger partial charge is 0.455 e. The number of anilines is 2. The van der Waals surface area contributed by atoms with Gasteiger partial charge in [0, 0.05) is 29.1 Å². The number of nitrogens with one attached hydrogen (secondary N) is 1. The maximum Gasteiger partial charge on any atom is 0.262 e. The molecule has 0 radical (unpaired) electrons. The lowest BCUT2D eigenvalue weighted by Crippen LogP contribution is -2.25. The van der Waals surface area contributed by atoms with Gasteiger partial charge in [0.15, 0.2) is 0 Å². The summed E-state index contributed by atoms with van der Waals surface area (Å²) in [5.74, 6) is 0.339. The van der Waals surface area contributed by atoms with E-state index in [1.807, 2.05) is 6.07 Å². The highest BCUT2D eigenvalue weighted by atomic mass is 35.5. The Morgan fingerprint density at radius 3 is 2.50 bits per heavy atom. The third-order valence-electron chi connectivity index (χ3n) is 6.26. The molecule has 1 unspecified atom stereocenters. The molecule has 1 atom stereocenters. The minimum Gasteiger partial charge on any atom is -0.455 e. The van der Waals surface area contributed by atoms with Gasteiger partial charge in [0.25, 0.3) is 17.2 Å². The highest BCUT2D eigenvalue weighted by molar-refractivity contribution is 7.80. The number of nitrogens with two attached hydrogens (primary N) is 1. The Morgan fingerprint density at radius 1 is 1.17 bits per heavy atom. The van der Waals surface area contributed by atoms with Gasteiger partial charge in [-0.05, 0) is 72.4 Å². The summed E-state index contributed by atoms with van der Waals surface area (Å²) in [6.07, 6.45) is 1.91. The number of rotatable bonds is 7. The smallest absolute Gasteiger partial charge is 0.262 e. The van der Waals surface area contributed by atoms with Gasteiger partial charge in [-0.2, -0.15) is 0 Å². The maximum absolute atomic E-state index is 13.0. The number of furan rings is 1. The van der Waals surface area contributed by atoms with Gasteiger partial charge in [0.05, 0.1) is 28.5 Å². The van der Waals surface area contributed by atoms with Crippen molar-refractivity contribution >= 4 is 62.7 Å². The Hall–Kier alpha value is -3.04. The van der Waals surface area contributed by atoms with Crippen LogP contribution >= 0.6 is 23.2 Å². The molecule has 0 bridgehead atoms. The highest BCUT2D eigenvalue weighted by Crippen LogP contribution is 2.48. The third-order valence-corrected chi connectivity index (χ3v) is 7.55. The van der Waals surface area contributed by atoms with Crippen LogP contribution in [0, 0.1) is 0 Å². The molecule has 1 aliphatic rings. The highest BCUT2D eigenvalue weighted by Gasteiger charge is 2.32. The van der Waals surface area contributed by atoms with Crippen molar-refractivity contribution in [3.05, 3.63) is 81.3 Å². The molecule has 1 aliphatic carbocycles. The summed E-state index contributed by atoms with van der Waals surface area (Å²) in [6, 6.07) is 15.8. The molecule has 36 heavy (non-hydrogen) atoms. The monoisotopic (exact) mass is 543 g/mol. The molecular formula is C26H23Cl2N3O4S. The lowest BCUT2D eigenvalue weighted by atomic mass is 10.00. The fourth-order valence-corrected chi connectivity index (χ4v) is 5.22. The van der Waals surface area contributed by atoms with E-state index in [1.54, 1.807) is 55.6 Å². The summed E-state index contributed by atoms with van der Waals surface area (Å²) in [4.78, 5) is 13.0. The molecule has 0 aliphatic heterocycles. The van der Waals surface area contributed by atoms with Gasteiger partial charge in [-0.25, -0.2) is 4.21 Å². The van der Waals surface area contributed by atoms with E-state index in [2.05, 4.69) is 5.32 Å². The molecule has 7 nitrogen and oxygen atoms in total. The standard InChI is InChI=1S/C26H23Cl2N3O4S/c1-30-26(32)24-19-11-18(15-3-4-15)22(12-23(19)35-25(24)16-5-7-17(27)8-6-16)31(36(33)34)13-14-2-9-21(29)20(28)10-14/h2,5-12,15H,3-4,13,29H2,1H3,(H,30,32)(H,33,34). The van der Waals surface area contributed by atoms with Crippen LogP contribution in [-0.2, 0) is 17.8 Å². The van der Waals surface area contributed by atoms with Crippen molar-refractivity contribution in [1.82, 2.24) is 5.32 Å². The molecule has 186 valence electrons.